The fraction of sp³-hybridized carbons (Fsp3) is 0.333. The number of esters is 1. The van der Waals surface area contributed by atoms with E-state index in [-0.39, 0.29) is 12.1 Å². The summed E-state index contributed by atoms with van der Waals surface area (Å²) in [5, 5.41) is 4.11. The Morgan fingerprint density at radius 1 is 1.45 bits per heavy atom. The van der Waals surface area contributed by atoms with E-state index >= 15 is 0 Å². The van der Waals surface area contributed by atoms with E-state index in [0.29, 0.717) is 12.0 Å². The highest BCUT2D eigenvalue weighted by molar-refractivity contribution is 8.14. The second-order valence-electron chi connectivity index (χ2n) is 4.77. The lowest BCUT2D eigenvalue weighted by atomic mass is 10.1. The van der Waals surface area contributed by atoms with Crippen LogP contribution < -0.4 is 5.32 Å². The van der Waals surface area contributed by atoms with Crippen molar-refractivity contribution in [2.24, 2.45) is 4.99 Å². The number of cyclic esters (lactones) is 1. The monoisotopic (exact) mass is 288 g/mol. The summed E-state index contributed by atoms with van der Waals surface area (Å²) in [5.74, 6) is 0.583. The Morgan fingerprint density at radius 2 is 2.25 bits per heavy atom. The van der Waals surface area contributed by atoms with Gasteiger partial charge in [0.25, 0.3) is 0 Å². The molecular weight excluding hydrogens is 272 g/mol. The van der Waals surface area contributed by atoms with E-state index in [0.717, 1.165) is 27.9 Å². The van der Waals surface area contributed by atoms with E-state index in [1.54, 1.807) is 11.8 Å². The molecule has 0 amide bonds. The number of thioether (sulfide) groups is 1. The van der Waals surface area contributed by atoms with Gasteiger partial charge in [0.05, 0.1) is 11.4 Å². The van der Waals surface area contributed by atoms with Gasteiger partial charge < -0.3 is 10.1 Å². The first-order valence-corrected chi connectivity index (χ1v) is 7.69. The zero-order valence-electron chi connectivity index (χ0n) is 11.5. The number of carbonyl (C=O) groups excluding carboxylic acids is 1. The molecule has 0 spiro atoms. The van der Waals surface area contributed by atoms with Crippen molar-refractivity contribution in [1.82, 2.24) is 0 Å². The van der Waals surface area contributed by atoms with Crippen LogP contribution in [0.2, 0.25) is 0 Å². The molecule has 104 valence electrons. The van der Waals surface area contributed by atoms with Crippen LogP contribution >= 0.6 is 11.8 Å². The van der Waals surface area contributed by atoms with E-state index in [2.05, 4.69) is 17.2 Å². The molecule has 1 atom stereocenters. The Balaban J connectivity index is 2.14. The summed E-state index contributed by atoms with van der Waals surface area (Å²) in [5.41, 5.74) is 3.30. The number of hydrogen-bond acceptors (Lipinski definition) is 5. The molecule has 5 heteroatoms. The van der Waals surface area contributed by atoms with Crippen LogP contribution in [-0.4, -0.2) is 22.9 Å². The number of aliphatic imine (C=N–C) groups is 1. The lowest BCUT2D eigenvalue weighted by Crippen LogP contribution is -2.29. The molecule has 2 aliphatic heterocycles. The molecule has 20 heavy (non-hydrogen) atoms. The smallest absolute Gasteiger partial charge is 0.342 e. The van der Waals surface area contributed by atoms with Crippen LogP contribution in [0.4, 0.5) is 11.4 Å². The summed E-state index contributed by atoms with van der Waals surface area (Å²) in [6.45, 7) is 3.96. The third kappa shape index (κ3) is 2.33. The van der Waals surface area contributed by atoms with Crippen molar-refractivity contribution in [3.8, 4) is 0 Å². The van der Waals surface area contributed by atoms with Crippen LogP contribution in [0.15, 0.2) is 40.5 Å². The number of nitrogens with zero attached hydrogens (tertiary/aromatic N) is 1. The van der Waals surface area contributed by atoms with Crippen LogP contribution in [0.25, 0.3) is 0 Å². The molecule has 2 heterocycles. The molecular formula is C15H16N2O2S. The molecule has 1 unspecified atom stereocenters. The van der Waals surface area contributed by atoms with Crippen LogP contribution in [0.5, 0.6) is 0 Å². The van der Waals surface area contributed by atoms with E-state index in [9.17, 15) is 4.79 Å². The standard InChI is InChI=1S/C15H16N2O2S/c1-3-20-14-13-12(8-9(2)19-15(13)18)16-10-6-4-5-7-11(10)17-14/h4-7,9,16H,3,8H2,1-2H3. The molecule has 1 aromatic rings. The van der Waals surface area contributed by atoms with Gasteiger partial charge in [-0.15, -0.1) is 11.8 Å². The number of benzene rings is 1. The van der Waals surface area contributed by atoms with Crippen molar-refractivity contribution in [3.63, 3.8) is 0 Å². The first-order chi connectivity index (χ1) is 9.69. The van der Waals surface area contributed by atoms with Gasteiger partial charge in [0.2, 0.25) is 0 Å². The normalized spacial score (nSPS) is 21.2. The van der Waals surface area contributed by atoms with Gasteiger partial charge in [-0.25, -0.2) is 9.79 Å². The molecule has 0 aromatic heterocycles. The predicted molar refractivity (Wildman–Crippen MR) is 82.5 cm³/mol. The highest BCUT2D eigenvalue weighted by Gasteiger charge is 2.32. The number of anilines is 1. The first kappa shape index (κ1) is 13.2. The Morgan fingerprint density at radius 3 is 3.05 bits per heavy atom. The van der Waals surface area contributed by atoms with Gasteiger partial charge in [-0.1, -0.05) is 19.1 Å². The summed E-state index contributed by atoms with van der Waals surface area (Å²) in [7, 11) is 0. The quantitative estimate of drug-likeness (QED) is 0.804. The van der Waals surface area contributed by atoms with Crippen molar-refractivity contribution in [3.05, 3.63) is 35.5 Å². The fourth-order valence-corrected chi connectivity index (χ4v) is 3.16. The Kier molecular flexibility index (Phi) is 3.53. The Hall–Kier alpha value is -1.75. The predicted octanol–water partition coefficient (Wildman–Crippen LogP) is 3.48. The van der Waals surface area contributed by atoms with Crippen molar-refractivity contribution >= 4 is 34.1 Å². The van der Waals surface area contributed by atoms with E-state index in [1.807, 2.05) is 31.2 Å². The molecule has 4 nitrogen and oxygen atoms in total. The van der Waals surface area contributed by atoms with Gasteiger partial charge >= 0.3 is 5.97 Å². The van der Waals surface area contributed by atoms with Crippen molar-refractivity contribution in [1.29, 1.82) is 0 Å². The number of nitrogens with one attached hydrogen (secondary N) is 1. The minimum Gasteiger partial charge on any atom is -0.459 e. The second kappa shape index (κ2) is 5.32. The van der Waals surface area contributed by atoms with E-state index in [1.165, 1.54) is 0 Å². The topological polar surface area (TPSA) is 50.7 Å². The SMILES string of the molecule is CCSC1=Nc2ccccc2NC2=C1C(=O)OC(C)C2. The highest BCUT2D eigenvalue weighted by atomic mass is 32.2. The molecule has 0 saturated carbocycles. The number of ether oxygens (including phenoxy) is 1. The minimum atomic E-state index is -0.279. The molecule has 1 N–H and O–H groups in total. The molecule has 0 saturated heterocycles. The van der Waals surface area contributed by atoms with Gasteiger partial charge in [0, 0.05) is 12.1 Å². The maximum absolute atomic E-state index is 12.2. The van der Waals surface area contributed by atoms with Crippen molar-refractivity contribution in [2.75, 3.05) is 11.1 Å². The van der Waals surface area contributed by atoms with Gasteiger partial charge in [-0.2, -0.15) is 0 Å². The summed E-state index contributed by atoms with van der Waals surface area (Å²) >= 11 is 1.57. The summed E-state index contributed by atoms with van der Waals surface area (Å²) in [6.07, 6.45) is 0.588. The Bertz CT molecular complexity index is 622. The lowest BCUT2D eigenvalue weighted by Gasteiger charge is -2.24. The van der Waals surface area contributed by atoms with Crippen molar-refractivity contribution < 1.29 is 9.53 Å². The van der Waals surface area contributed by atoms with Crippen LogP contribution in [0.1, 0.15) is 20.3 Å². The zero-order chi connectivity index (χ0) is 14.1. The molecule has 0 aliphatic carbocycles. The molecule has 0 bridgehead atoms. The summed E-state index contributed by atoms with van der Waals surface area (Å²) in [6, 6.07) is 7.84. The molecule has 0 radical (unpaired) electrons. The van der Waals surface area contributed by atoms with Crippen LogP contribution in [0.3, 0.4) is 0 Å². The maximum atomic E-state index is 12.2. The number of carbonyl (C=O) groups is 1. The van der Waals surface area contributed by atoms with E-state index in [4.69, 9.17) is 4.74 Å². The Labute approximate surface area is 122 Å². The lowest BCUT2D eigenvalue weighted by molar-refractivity contribution is -0.144. The number of para-hydroxylation sites is 2. The number of rotatable bonds is 1. The largest absolute Gasteiger partial charge is 0.459 e. The van der Waals surface area contributed by atoms with E-state index < -0.39 is 0 Å². The van der Waals surface area contributed by atoms with Crippen LogP contribution in [0, 0.1) is 0 Å². The fourth-order valence-electron chi connectivity index (χ4n) is 2.37. The van der Waals surface area contributed by atoms with Gasteiger partial charge in [0.1, 0.15) is 16.7 Å². The molecule has 0 fully saturated rings. The number of fused-ring (bicyclic) bond motifs is 1. The first-order valence-electron chi connectivity index (χ1n) is 6.71. The summed E-state index contributed by atoms with van der Waals surface area (Å²) < 4.78 is 5.36. The van der Waals surface area contributed by atoms with Gasteiger partial charge in [0.15, 0.2) is 0 Å². The average molecular weight is 288 g/mol. The zero-order valence-corrected chi connectivity index (χ0v) is 12.3. The maximum Gasteiger partial charge on any atom is 0.342 e. The highest BCUT2D eigenvalue weighted by Crippen LogP contribution is 2.36. The van der Waals surface area contributed by atoms with Crippen molar-refractivity contribution in [2.45, 2.75) is 26.4 Å². The molecule has 2 aliphatic rings. The summed E-state index contributed by atoms with van der Waals surface area (Å²) in [4.78, 5) is 16.9. The third-order valence-corrected chi connectivity index (χ3v) is 4.07. The average Bonchev–Trinajstić information content (AvgIpc) is 2.55. The van der Waals surface area contributed by atoms with Gasteiger partial charge in [-0.3, -0.25) is 0 Å². The molecule has 1 aromatic carbocycles. The van der Waals surface area contributed by atoms with Crippen LogP contribution in [-0.2, 0) is 9.53 Å². The molecule has 3 rings (SSSR count). The second-order valence-corrected chi connectivity index (χ2v) is 6.02. The number of hydrogen-bond donors (Lipinski definition) is 1. The third-order valence-electron chi connectivity index (χ3n) is 3.21. The minimum absolute atomic E-state index is 0.105. The van der Waals surface area contributed by atoms with Gasteiger partial charge in [-0.05, 0) is 24.8 Å².